The fourth-order valence-electron chi connectivity index (χ4n) is 3.38. The van der Waals surface area contributed by atoms with Crippen LogP contribution in [-0.4, -0.2) is 37.9 Å². The number of hydrogen-bond donors (Lipinski definition) is 1. The summed E-state index contributed by atoms with van der Waals surface area (Å²) in [4.78, 5) is 51.7. The van der Waals surface area contributed by atoms with Crippen molar-refractivity contribution in [3.05, 3.63) is 86.1 Å². The highest BCUT2D eigenvalue weighted by atomic mass is 35.5. The number of amides is 3. The summed E-state index contributed by atoms with van der Waals surface area (Å²) in [5.41, 5.74) is 1.57. The Morgan fingerprint density at radius 1 is 1.06 bits per heavy atom. The van der Waals surface area contributed by atoms with E-state index in [1.54, 1.807) is 73.3 Å². The Balaban J connectivity index is 1.52. The molecule has 0 radical (unpaired) electrons. The van der Waals surface area contributed by atoms with Gasteiger partial charge in [0.2, 0.25) is 5.91 Å². The minimum atomic E-state index is -0.643. The monoisotopic (exact) mass is 482 g/mol. The summed E-state index contributed by atoms with van der Waals surface area (Å²) >= 11 is 6.63. The number of halogens is 1. The lowest BCUT2D eigenvalue weighted by Gasteiger charge is -2.11. The Morgan fingerprint density at radius 2 is 1.73 bits per heavy atom. The molecule has 1 aromatic heterocycles. The number of rotatable bonds is 5. The van der Waals surface area contributed by atoms with Gasteiger partial charge in [0.25, 0.3) is 16.7 Å². The van der Waals surface area contributed by atoms with Crippen molar-refractivity contribution in [1.29, 1.82) is 0 Å². The molecular formula is C23H19ClN4O4S. The largest absolute Gasteiger partial charge is 0.318 e. The molecule has 1 fully saturated rings. The van der Waals surface area contributed by atoms with Crippen molar-refractivity contribution in [1.82, 2.24) is 14.3 Å². The quantitative estimate of drug-likeness (QED) is 0.558. The van der Waals surface area contributed by atoms with Gasteiger partial charge in [0.1, 0.15) is 12.2 Å². The zero-order chi connectivity index (χ0) is 23.7. The Morgan fingerprint density at radius 3 is 2.39 bits per heavy atom. The Kier molecular flexibility index (Phi) is 6.26. The molecule has 3 amide bonds. The van der Waals surface area contributed by atoms with Gasteiger partial charge in [-0.05, 0) is 54.6 Å². The summed E-state index contributed by atoms with van der Waals surface area (Å²) in [5, 5.41) is 2.57. The number of hydrogen-bond acceptors (Lipinski definition) is 5. The molecule has 0 unspecified atom stereocenters. The van der Waals surface area contributed by atoms with Crippen LogP contribution in [0.3, 0.4) is 0 Å². The van der Waals surface area contributed by atoms with Crippen molar-refractivity contribution in [2.24, 2.45) is 7.05 Å². The minimum Gasteiger partial charge on any atom is -0.318 e. The highest BCUT2D eigenvalue weighted by molar-refractivity contribution is 8.18. The second-order valence-electron chi connectivity index (χ2n) is 7.30. The second-order valence-corrected chi connectivity index (χ2v) is 8.73. The van der Waals surface area contributed by atoms with Crippen molar-refractivity contribution < 1.29 is 14.4 Å². The first-order chi connectivity index (χ1) is 15.8. The summed E-state index contributed by atoms with van der Waals surface area (Å²) in [6.45, 7) is 1.20. The molecule has 0 aliphatic carbocycles. The molecule has 10 heteroatoms. The molecule has 168 valence electrons. The zero-order valence-corrected chi connectivity index (χ0v) is 19.3. The Hall–Kier alpha value is -3.56. The first-order valence-corrected chi connectivity index (χ1v) is 11.1. The number of nitrogens with zero attached hydrogens (tertiary/aromatic N) is 3. The van der Waals surface area contributed by atoms with E-state index < -0.39 is 29.2 Å². The van der Waals surface area contributed by atoms with Crippen LogP contribution in [0.2, 0.25) is 5.02 Å². The fourth-order valence-corrected chi connectivity index (χ4v) is 4.35. The van der Waals surface area contributed by atoms with Crippen molar-refractivity contribution in [2.75, 3.05) is 11.9 Å². The number of thioether (sulfide) groups is 1. The van der Waals surface area contributed by atoms with Gasteiger partial charge in [-0.15, -0.1) is 0 Å². The SMILES string of the molecule is Cc1c(NC(=O)CN2C(=O)SC(=Cc3ccc(Cl)cc3)C2=O)c(=O)n(-c2ccccc2)n1C. The van der Waals surface area contributed by atoms with Crippen molar-refractivity contribution in [3.8, 4) is 5.69 Å². The van der Waals surface area contributed by atoms with Gasteiger partial charge in [-0.1, -0.05) is 41.9 Å². The molecule has 1 saturated heterocycles. The molecule has 1 aliphatic rings. The normalized spacial score (nSPS) is 14.9. The summed E-state index contributed by atoms with van der Waals surface area (Å²) in [7, 11) is 1.71. The Bertz CT molecular complexity index is 1340. The van der Waals surface area contributed by atoms with Gasteiger partial charge in [0.15, 0.2) is 0 Å². The van der Waals surface area contributed by atoms with Crippen LogP contribution in [0.25, 0.3) is 11.8 Å². The predicted octanol–water partition coefficient (Wildman–Crippen LogP) is 3.81. The van der Waals surface area contributed by atoms with Crippen LogP contribution in [0.1, 0.15) is 11.3 Å². The number of aromatic nitrogens is 2. The number of carbonyl (C=O) groups is 3. The molecule has 1 aliphatic heterocycles. The number of para-hydroxylation sites is 1. The van der Waals surface area contributed by atoms with Crippen molar-refractivity contribution in [2.45, 2.75) is 6.92 Å². The number of benzene rings is 2. The van der Waals surface area contributed by atoms with Crippen LogP contribution in [0.4, 0.5) is 10.5 Å². The summed E-state index contributed by atoms with van der Waals surface area (Å²) < 4.78 is 3.06. The molecule has 0 spiro atoms. The number of imide groups is 1. The lowest BCUT2D eigenvalue weighted by atomic mass is 10.2. The minimum absolute atomic E-state index is 0.0926. The van der Waals surface area contributed by atoms with Crippen LogP contribution >= 0.6 is 23.4 Å². The van der Waals surface area contributed by atoms with Crippen molar-refractivity contribution >= 4 is 52.2 Å². The lowest BCUT2D eigenvalue weighted by Crippen LogP contribution is -2.37. The molecule has 0 bridgehead atoms. The molecule has 8 nitrogen and oxygen atoms in total. The molecule has 2 heterocycles. The molecule has 33 heavy (non-hydrogen) atoms. The van der Waals surface area contributed by atoms with E-state index in [-0.39, 0.29) is 10.6 Å². The van der Waals surface area contributed by atoms with Crippen LogP contribution in [0, 0.1) is 6.92 Å². The maximum atomic E-state index is 12.9. The molecule has 0 atom stereocenters. The number of carbonyl (C=O) groups excluding carboxylic acids is 3. The standard InChI is InChI=1S/C23H19ClN4O4S/c1-14-20(22(31)28(26(14)2)17-6-4-3-5-7-17)25-19(29)13-27-21(30)18(33-23(27)32)12-15-8-10-16(24)11-9-15/h3-12H,13H2,1-2H3,(H,25,29). The third kappa shape index (κ3) is 4.50. The summed E-state index contributed by atoms with van der Waals surface area (Å²) in [5.74, 6) is -1.21. The highest BCUT2D eigenvalue weighted by Gasteiger charge is 2.36. The van der Waals surface area contributed by atoms with E-state index in [0.717, 1.165) is 16.7 Å². The molecule has 0 saturated carbocycles. The first-order valence-electron chi connectivity index (χ1n) is 9.91. The zero-order valence-electron chi connectivity index (χ0n) is 17.7. The molecule has 1 N–H and O–H groups in total. The van der Waals surface area contributed by atoms with E-state index in [1.165, 1.54) is 4.68 Å². The molecule has 3 aromatic rings. The van der Waals surface area contributed by atoms with Gasteiger partial charge in [0, 0.05) is 12.1 Å². The van der Waals surface area contributed by atoms with E-state index in [1.807, 2.05) is 6.07 Å². The van der Waals surface area contributed by atoms with Gasteiger partial charge in [-0.3, -0.25) is 28.8 Å². The molecule has 4 rings (SSSR count). The van der Waals surface area contributed by atoms with E-state index in [4.69, 9.17) is 11.6 Å². The van der Waals surface area contributed by atoms with E-state index >= 15 is 0 Å². The maximum Gasteiger partial charge on any atom is 0.295 e. The average molecular weight is 483 g/mol. The first kappa shape index (κ1) is 22.6. The second kappa shape index (κ2) is 9.13. The number of nitrogens with one attached hydrogen (secondary N) is 1. The van der Waals surface area contributed by atoms with Gasteiger partial charge < -0.3 is 5.32 Å². The van der Waals surface area contributed by atoms with Crippen LogP contribution in [-0.2, 0) is 16.6 Å². The van der Waals surface area contributed by atoms with E-state index in [0.29, 0.717) is 22.0 Å². The van der Waals surface area contributed by atoms with Crippen LogP contribution in [0.5, 0.6) is 0 Å². The lowest BCUT2D eigenvalue weighted by molar-refractivity contribution is -0.127. The van der Waals surface area contributed by atoms with Gasteiger partial charge >= 0.3 is 0 Å². The molecule has 2 aromatic carbocycles. The van der Waals surface area contributed by atoms with Gasteiger partial charge in [-0.2, -0.15) is 0 Å². The van der Waals surface area contributed by atoms with E-state index in [2.05, 4.69) is 5.32 Å². The predicted molar refractivity (Wildman–Crippen MR) is 129 cm³/mol. The van der Waals surface area contributed by atoms with Crippen LogP contribution < -0.4 is 10.9 Å². The Labute approximate surface area is 198 Å². The third-order valence-electron chi connectivity index (χ3n) is 5.16. The number of anilines is 1. The summed E-state index contributed by atoms with van der Waals surface area (Å²) in [6, 6.07) is 15.8. The smallest absolute Gasteiger partial charge is 0.295 e. The third-order valence-corrected chi connectivity index (χ3v) is 6.32. The van der Waals surface area contributed by atoms with Crippen LogP contribution in [0.15, 0.2) is 64.3 Å². The van der Waals surface area contributed by atoms with Crippen molar-refractivity contribution in [3.63, 3.8) is 0 Å². The van der Waals surface area contributed by atoms with Gasteiger partial charge in [0.05, 0.1) is 16.3 Å². The highest BCUT2D eigenvalue weighted by Crippen LogP contribution is 2.32. The molecular weight excluding hydrogens is 464 g/mol. The summed E-state index contributed by atoms with van der Waals surface area (Å²) in [6.07, 6.45) is 1.57. The fraction of sp³-hybridized carbons (Fsp3) is 0.130. The topological polar surface area (TPSA) is 93.4 Å². The van der Waals surface area contributed by atoms with Gasteiger partial charge in [-0.25, -0.2) is 4.68 Å². The maximum absolute atomic E-state index is 12.9. The van der Waals surface area contributed by atoms with E-state index in [9.17, 15) is 19.2 Å². The average Bonchev–Trinajstić information content (AvgIpc) is 3.17.